The molecule has 0 radical (unpaired) electrons. The van der Waals surface area contributed by atoms with Gasteiger partial charge in [-0.05, 0) is 29.8 Å². The first-order chi connectivity index (χ1) is 13.6. The Morgan fingerprint density at radius 1 is 1.14 bits per heavy atom. The fourth-order valence-corrected chi connectivity index (χ4v) is 2.57. The summed E-state index contributed by atoms with van der Waals surface area (Å²) in [7, 11) is 0. The number of carbonyl (C=O) groups excluding carboxylic acids is 1. The van der Waals surface area contributed by atoms with Crippen molar-refractivity contribution in [3.05, 3.63) is 70.5 Å². The van der Waals surface area contributed by atoms with Gasteiger partial charge in [-0.25, -0.2) is 9.37 Å². The standard InChI is InChI=1S/C19H13F4N3O3/c20-12-4-5-15(29-9-19(21,22)23)13(7-12)10-2-1-3-11(6-10)16-18(28)25-8-14(26-16)17(24)27/h1-8H,9H2,(H2,24,27)(H,25,28). The quantitative estimate of drug-likeness (QED) is 0.634. The number of benzene rings is 2. The molecule has 0 saturated heterocycles. The number of halogens is 4. The molecule has 150 valence electrons. The highest BCUT2D eigenvalue weighted by atomic mass is 19.4. The fraction of sp³-hybridized carbons (Fsp3) is 0.105. The van der Waals surface area contributed by atoms with Crippen LogP contribution in [-0.2, 0) is 0 Å². The van der Waals surface area contributed by atoms with Crippen LogP contribution in [-0.4, -0.2) is 28.7 Å². The van der Waals surface area contributed by atoms with Gasteiger partial charge in [-0.2, -0.15) is 13.2 Å². The number of aromatic amines is 1. The Bertz CT molecular complexity index is 1130. The molecule has 10 heteroatoms. The van der Waals surface area contributed by atoms with Crippen LogP contribution in [0.1, 0.15) is 10.5 Å². The second-order valence-corrected chi connectivity index (χ2v) is 5.95. The molecule has 2 aromatic carbocycles. The first kappa shape index (κ1) is 20.1. The van der Waals surface area contributed by atoms with Crippen molar-refractivity contribution in [3.8, 4) is 28.1 Å². The van der Waals surface area contributed by atoms with Crippen LogP contribution in [0.25, 0.3) is 22.4 Å². The lowest BCUT2D eigenvalue weighted by atomic mass is 10.0. The van der Waals surface area contributed by atoms with Crippen molar-refractivity contribution in [2.75, 3.05) is 6.61 Å². The molecule has 0 bridgehead atoms. The Morgan fingerprint density at radius 3 is 2.55 bits per heavy atom. The lowest BCUT2D eigenvalue weighted by Crippen LogP contribution is -2.19. The van der Waals surface area contributed by atoms with Crippen LogP contribution in [0.4, 0.5) is 17.6 Å². The number of hydrogen-bond donors (Lipinski definition) is 2. The molecular formula is C19H13F4N3O3. The van der Waals surface area contributed by atoms with E-state index in [0.29, 0.717) is 0 Å². The second kappa shape index (κ2) is 7.74. The predicted molar refractivity (Wildman–Crippen MR) is 95.8 cm³/mol. The van der Waals surface area contributed by atoms with Crippen molar-refractivity contribution in [2.24, 2.45) is 5.73 Å². The minimum absolute atomic E-state index is 0.0542. The smallest absolute Gasteiger partial charge is 0.422 e. The summed E-state index contributed by atoms with van der Waals surface area (Å²) in [4.78, 5) is 29.7. The summed E-state index contributed by atoms with van der Waals surface area (Å²) >= 11 is 0. The number of nitrogens with one attached hydrogen (secondary N) is 1. The molecule has 3 N–H and O–H groups in total. The predicted octanol–water partition coefficient (Wildman–Crippen LogP) is 3.28. The molecular weight excluding hydrogens is 394 g/mol. The highest BCUT2D eigenvalue weighted by molar-refractivity contribution is 5.91. The third-order valence-corrected chi connectivity index (χ3v) is 3.82. The first-order valence-corrected chi connectivity index (χ1v) is 8.13. The summed E-state index contributed by atoms with van der Waals surface area (Å²) < 4.78 is 56.0. The molecule has 0 saturated carbocycles. The van der Waals surface area contributed by atoms with E-state index >= 15 is 0 Å². The normalized spacial score (nSPS) is 11.3. The lowest BCUT2D eigenvalue weighted by Gasteiger charge is -2.14. The molecule has 1 aromatic heterocycles. The minimum Gasteiger partial charge on any atom is -0.483 e. The third-order valence-electron chi connectivity index (χ3n) is 3.82. The molecule has 0 aliphatic rings. The van der Waals surface area contributed by atoms with E-state index < -0.39 is 30.1 Å². The van der Waals surface area contributed by atoms with Crippen molar-refractivity contribution in [1.82, 2.24) is 9.97 Å². The van der Waals surface area contributed by atoms with Crippen LogP contribution in [0.5, 0.6) is 5.75 Å². The summed E-state index contributed by atoms with van der Waals surface area (Å²) in [6.07, 6.45) is -3.51. The Labute approximate surface area is 161 Å². The molecule has 0 unspecified atom stereocenters. The molecule has 29 heavy (non-hydrogen) atoms. The maximum atomic E-state index is 13.7. The van der Waals surface area contributed by atoms with Gasteiger partial charge in [0, 0.05) is 17.3 Å². The van der Waals surface area contributed by atoms with Crippen LogP contribution in [0.3, 0.4) is 0 Å². The van der Waals surface area contributed by atoms with Gasteiger partial charge in [0.05, 0.1) is 0 Å². The largest absolute Gasteiger partial charge is 0.483 e. The van der Waals surface area contributed by atoms with Crippen LogP contribution < -0.4 is 16.0 Å². The van der Waals surface area contributed by atoms with Crippen molar-refractivity contribution in [1.29, 1.82) is 0 Å². The van der Waals surface area contributed by atoms with Crippen molar-refractivity contribution in [2.45, 2.75) is 6.18 Å². The number of aromatic nitrogens is 2. The van der Waals surface area contributed by atoms with Gasteiger partial charge in [0.15, 0.2) is 6.61 Å². The number of alkyl halides is 3. The van der Waals surface area contributed by atoms with Gasteiger partial charge in [-0.15, -0.1) is 0 Å². The monoisotopic (exact) mass is 407 g/mol. The first-order valence-electron chi connectivity index (χ1n) is 8.13. The topological polar surface area (TPSA) is 98.1 Å². The molecule has 1 amide bonds. The van der Waals surface area contributed by atoms with E-state index in [4.69, 9.17) is 10.5 Å². The summed E-state index contributed by atoms with van der Waals surface area (Å²) in [6, 6.07) is 9.00. The Balaban J connectivity index is 2.07. The molecule has 3 aromatic rings. The van der Waals surface area contributed by atoms with Gasteiger partial charge in [0.25, 0.3) is 11.5 Å². The molecule has 1 heterocycles. The maximum absolute atomic E-state index is 13.7. The molecule has 6 nitrogen and oxygen atoms in total. The van der Waals surface area contributed by atoms with Crippen LogP contribution >= 0.6 is 0 Å². The summed E-state index contributed by atoms with van der Waals surface area (Å²) in [6.45, 7) is -1.55. The highest BCUT2D eigenvalue weighted by Gasteiger charge is 2.29. The number of H-pyrrole nitrogens is 1. The van der Waals surface area contributed by atoms with Gasteiger partial charge < -0.3 is 15.5 Å². The van der Waals surface area contributed by atoms with E-state index in [1.165, 1.54) is 24.3 Å². The average molecular weight is 407 g/mol. The maximum Gasteiger partial charge on any atom is 0.422 e. The van der Waals surface area contributed by atoms with Crippen LogP contribution in [0, 0.1) is 5.82 Å². The second-order valence-electron chi connectivity index (χ2n) is 5.95. The van der Waals surface area contributed by atoms with E-state index in [2.05, 4.69) is 9.97 Å². The van der Waals surface area contributed by atoms with Crippen LogP contribution in [0.2, 0.25) is 0 Å². The molecule has 3 rings (SSSR count). The number of carbonyl (C=O) groups is 1. The average Bonchev–Trinajstić information content (AvgIpc) is 2.66. The molecule has 0 aliphatic carbocycles. The highest BCUT2D eigenvalue weighted by Crippen LogP contribution is 2.33. The zero-order valence-corrected chi connectivity index (χ0v) is 14.6. The molecule has 0 fully saturated rings. The Kier molecular flexibility index (Phi) is 5.35. The van der Waals surface area contributed by atoms with E-state index in [-0.39, 0.29) is 33.8 Å². The SMILES string of the molecule is NC(=O)c1c[nH]c(=O)c(-c2cccc(-c3cc(F)ccc3OCC(F)(F)F)c2)n1. The summed E-state index contributed by atoms with van der Waals surface area (Å²) in [5, 5.41) is 0. The van der Waals surface area contributed by atoms with Crippen molar-refractivity contribution >= 4 is 5.91 Å². The number of primary amides is 1. The zero-order valence-electron chi connectivity index (χ0n) is 14.6. The number of nitrogens with zero attached hydrogens (tertiary/aromatic N) is 1. The number of amides is 1. The van der Waals surface area contributed by atoms with Gasteiger partial charge in [0.2, 0.25) is 0 Å². The van der Waals surface area contributed by atoms with Gasteiger partial charge in [0.1, 0.15) is 23.0 Å². The number of rotatable bonds is 5. The molecule has 0 atom stereocenters. The van der Waals surface area contributed by atoms with E-state index in [1.54, 1.807) is 0 Å². The Morgan fingerprint density at radius 2 is 1.86 bits per heavy atom. The third kappa shape index (κ3) is 4.78. The van der Waals surface area contributed by atoms with Crippen molar-refractivity contribution < 1.29 is 27.1 Å². The number of hydrogen-bond acceptors (Lipinski definition) is 4. The summed E-state index contributed by atoms with van der Waals surface area (Å²) in [5.74, 6) is -1.73. The van der Waals surface area contributed by atoms with Gasteiger partial charge in [-0.3, -0.25) is 9.59 Å². The van der Waals surface area contributed by atoms with E-state index in [1.807, 2.05) is 0 Å². The van der Waals surface area contributed by atoms with E-state index in [0.717, 1.165) is 24.4 Å². The number of nitrogens with two attached hydrogens (primary N) is 1. The Hall–Kier alpha value is -3.69. The van der Waals surface area contributed by atoms with Crippen LogP contribution in [0.15, 0.2) is 53.5 Å². The zero-order chi connectivity index (χ0) is 21.2. The molecule has 0 spiro atoms. The fourth-order valence-electron chi connectivity index (χ4n) is 2.57. The van der Waals surface area contributed by atoms with Gasteiger partial charge >= 0.3 is 6.18 Å². The van der Waals surface area contributed by atoms with Gasteiger partial charge in [-0.1, -0.05) is 18.2 Å². The minimum atomic E-state index is -4.57. The molecule has 0 aliphatic heterocycles. The lowest BCUT2D eigenvalue weighted by molar-refractivity contribution is -0.153. The summed E-state index contributed by atoms with van der Waals surface area (Å²) in [5.41, 5.74) is 4.83. The van der Waals surface area contributed by atoms with E-state index in [9.17, 15) is 27.2 Å². The number of ether oxygens (including phenoxy) is 1. The van der Waals surface area contributed by atoms with Crippen molar-refractivity contribution in [3.63, 3.8) is 0 Å².